The molecule has 0 aliphatic carbocycles. The van der Waals surface area contributed by atoms with Crippen LogP contribution in [0.2, 0.25) is 0 Å². The molecule has 27 heavy (non-hydrogen) atoms. The molecule has 146 valence electrons. The van der Waals surface area contributed by atoms with Gasteiger partial charge in [-0.1, -0.05) is 26.5 Å². The molecule has 6 nitrogen and oxygen atoms in total. The first-order valence-corrected chi connectivity index (χ1v) is 9.75. The number of hydrogen-bond acceptors (Lipinski definition) is 6. The molecule has 3 rings (SSSR count). The number of fused-ring (bicyclic) bond motifs is 1. The van der Waals surface area contributed by atoms with Crippen molar-refractivity contribution < 1.29 is 0 Å². The lowest BCUT2D eigenvalue weighted by molar-refractivity contribution is 0.392. The van der Waals surface area contributed by atoms with E-state index in [1.807, 2.05) is 51.2 Å². The maximum absolute atomic E-state index is 4.81. The van der Waals surface area contributed by atoms with Crippen molar-refractivity contribution in [2.45, 2.75) is 26.7 Å². The summed E-state index contributed by atoms with van der Waals surface area (Å²) in [6.07, 6.45) is 9.71. The van der Waals surface area contributed by atoms with Gasteiger partial charge in [-0.25, -0.2) is 9.97 Å². The number of pyridine rings is 1. The van der Waals surface area contributed by atoms with E-state index in [9.17, 15) is 0 Å². The van der Waals surface area contributed by atoms with Crippen LogP contribution in [0.4, 0.5) is 5.82 Å². The summed E-state index contributed by atoms with van der Waals surface area (Å²) in [6, 6.07) is 1.96. The lowest BCUT2D eigenvalue weighted by Crippen LogP contribution is -2.33. The first-order valence-electron chi connectivity index (χ1n) is 9.75. The van der Waals surface area contributed by atoms with E-state index in [-0.39, 0.29) is 0 Å². The average molecular weight is 369 g/mol. The molecule has 0 unspecified atom stereocenters. The summed E-state index contributed by atoms with van der Waals surface area (Å²) in [4.78, 5) is 15.7. The van der Waals surface area contributed by atoms with Gasteiger partial charge in [0.25, 0.3) is 0 Å². The molecule has 0 bridgehead atoms. The first-order chi connectivity index (χ1) is 13.2. The number of piperidine rings is 1. The second-order valence-corrected chi connectivity index (χ2v) is 6.63. The van der Waals surface area contributed by atoms with Crippen molar-refractivity contribution in [1.82, 2.24) is 25.2 Å². The number of nitrogens with zero attached hydrogens (tertiary/aromatic N) is 4. The van der Waals surface area contributed by atoms with Gasteiger partial charge in [-0.2, -0.15) is 0 Å². The number of hydrogen-bond donors (Lipinski definition) is 2. The van der Waals surface area contributed by atoms with Crippen LogP contribution in [0.3, 0.4) is 0 Å². The second-order valence-electron chi connectivity index (χ2n) is 6.63. The molecule has 2 N–H and O–H groups in total. The molecule has 0 amide bonds. The lowest BCUT2D eigenvalue weighted by Gasteiger charge is -2.23. The van der Waals surface area contributed by atoms with Crippen molar-refractivity contribution in [1.29, 1.82) is 0 Å². The molecular weight excluding hydrogens is 336 g/mol. The van der Waals surface area contributed by atoms with Gasteiger partial charge in [0.05, 0.1) is 11.2 Å². The van der Waals surface area contributed by atoms with Gasteiger partial charge in [0.2, 0.25) is 0 Å². The second kappa shape index (κ2) is 10.6. The molecule has 3 heterocycles. The number of aromatic nitrogens is 3. The third-order valence-corrected chi connectivity index (χ3v) is 4.33. The molecule has 0 aromatic carbocycles. The monoisotopic (exact) mass is 368 g/mol. The molecule has 1 fully saturated rings. The Bertz CT molecular complexity index is 762. The summed E-state index contributed by atoms with van der Waals surface area (Å²) in [5.41, 5.74) is 3.45. The molecule has 1 atom stereocenters. The fraction of sp³-hybridized carbons (Fsp3) is 0.476. The summed E-state index contributed by atoms with van der Waals surface area (Å²) >= 11 is 0. The maximum atomic E-state index is 4.81. The summed E-state index contributed by atoms with van der Waals surface area (Å²) in [5, 5.41) is 6.95. The van der Waals surface area contributed by atoms with E-state index in [1.54, 1.807) is 12.4 Å². The zero-order valence-corrected chi connectivity index (χ0v) is 17.0. The number of allylic oxidation sites excluding steroid dienone is 2. The Balaban J connectivity index is 0.00000126. The van der Waals surface area contributed by atoms with Crippen LogP contribution in [0.25, 0.3) is 16.6 Å². The topological polar surface area (TPSA) is 66.0 Å². The van der Waals surface area contributed by atoms with Gasteiger partial charge in [0, 0.05) is 44.8 Å². The van der Waals surface area contributed by atoms with E-state index in [1.165, 1.54) is 12.8 Å². The van der Waals surface area contributed by atoms with Gasteiger partial charge in [0.1, 0.15) is 5.52 Å². The highest BCUT2D eigenvalue weighted by Gasteiger charge is 2.15. The smallest absolute Gasteiger partial charge is 0.154 e. The van der Waals surface area contributed by atoms with Gasteiger partial charge < -0.3 is 15.5 Å². The fourth-order valence-corrected chi connectivity index (χ4v) is 3.08. The average Bonchev–Trinajstić information content (AvgIpc) is 2.72. The Morgan fingerprint density at radius 3 is 2.78 bits per heavy atom. The Labute approximate surface area is 162 Å². The Morgan fingerprint density at radius 1 is 1.33 bits per heavy atom. The SMILES string of the molecule is C=C/C(=C\N(C)C)c1cc2nccnc2c(NC[C@@H]2CCCNC2)n1.CC. The lowest BCUT2D eigenvalue weighted by atomic mass is 10.00. The highest BCUT2D eigenvalue weighted by Crippen LogP contribution is 2.24. The summed E-state index contributed by atoms with van der Waals surface area (Å²) < 4.78 is 0. The van der Waals surface area contributed by atoms with Crippen LogP contribution in [0.15, 0.2) is 37.3 Å². The maximum Gasteiger partial charge on any atom is 0.154 e. The van der Waals surface area contributed by atoms with Crippen LogP contribution >= 0.6 is 0 Å². The molecular formula is C21H32N6. The van der Waals surface area contributed by atoms with Gasteiger partial charge in [0.15, 0.2) is 5.82 Å². The number of nitrogens with one attached hydrogen (secondary N) is 2. The van der Waals surface area contributed by atoms with E-state index in [4.69, 9.17) is 4.98 Å². The van der Waals surface area contributed by atoms with Gasteiger partial charge in [-0.3, -0.25) is 4.98 Å². The zero-order chi connectivity index (χ0) is 19.6. The van der Waals surface area contributed by atoms with Gasteiger partial charge in [-0.05, 0) is 37.9 Å². The van der Waals surface area contributed by atoms with E-state index >= 15 is 0 Å². The quantitative estimate of drug-likeness (QED) is 0.760. The molecule has 0 spiro atoms. The molecule has 2 aromatic rings. The minimum Gasteiger partial charge on any atom is -0.383 e. The van der Waals surface area contributed by atoms with Crippen molar-refractivity contribution >= 4 is 22.4 Å². The van der Waals surface area contributed by atoms with Gasteiger partial charge in [-0.15, -0.1) is 0 Å². The zero-order valence-electron chi connectivity index (χ0n) is 17.0. The van der Waals surface area contributed by atoms with Crippen molar-refractivity contribution in [3.05, 3.63) is 43.0 Å². The van der Waals surface area contributed by atoms with Gasteiger partial charge >= 0.3 is 0 Å². The number of rotatable bonds is 6. The molecule has 1 aliphatic heterocycles. The standard InChI is InChI=1S/C19H26N6.C2H6/c1-4-15(13-25(2)3)16-10-17-18(22-9-8-21-17)19(24-16)23-12-14-6-5-7-20-11-14;1-2/h4,8-10,13-14,20H,1,5-7,11-12H2,2-3H3,(H,23,24);1-2H3/b15-13+;/t14-;/m1./s1. The van der Waals surface area contributed by atoms with E-state index in [0.29, 0.717) is 5.92 Å². The minimum atomic E-state index is 0.613. The highest BCUT2D eigenvalue weighted by atomic mass is 15.0. The molecule has 0 saturated carbocycles. The third-order valence-electron chi connectivity index (χ3n) is 4.33. The first kappa shape index (κ1) is 20.8. The van der Waals surface area contributed by atoms with E-state index < -0.39 is 0 Å². The summed E-state index contributed by atoms with van der Waals surface area (Å²) in [6.45, 7) is 11.0. The molecule has 1 saturated heterocycles. The predicted octanol–water partition coefficient (Wildman–Crippen LogP) is 3.55. The Morgan fingerprint density at radius 2 is 2.11 bits per heavy atom. The normalized spacial score (nSPS) is 17.0. The Kier molecular flexibility index (Phi) is 8.20. The molecule has 6 heteroatoms. The van der Waals surface area contributed by atoms with Crippen LogP contribution in [0.1, 0.15) is 32.4 Å². The van der Waals surface area contributed by atoms with Crippen LogP contribution in [-0.4, -0.2) is 53.6 Å². The van der Waals surface area contributed by atoms with E-state index in [0.717, 1.165) is 47.8 Å². The molecule has 1 aliphatic rings. The highest BCUT2D eigenvalue weighted by molar-refractivity contribution is 5.88. The minimum absolute atomic E-state index is 0.613. The number of anilines is 1. The van der Waals surface area contributed by atoms with Crippen molar-refractivity contribution in [2.24, 2.45) is 5.92 Å². The Hall–Kier alpha value is -2.47. The molecule has 2 aromatic heterocycles. The third kappa shape index (κ3) is 5.76. The van der Waals surface area contributed by atoms with Crippen LogP contribution in [0.5, 0.6) is 0 Å². The van der Waals surface area contributed by atoms with Crippen molar-refractivity contribution in [3.63, 3.8) is 0 Å². The van der Waals surface area contributed by atoms with Crippen LogP contribution < -0.4 is 10.6 Å². The summed E-state index contributed by atoms with van der Waals surface area (Å²) in [7, 11) is 3.97. The summed E-state index contributed by atoms with van der Waals surface area (Å²) in [5.74, 6) is 1.40. The van der Waals surface area contributed by atoms with Crippen LogP contribution in [0, 0.1) is 5.92 Å². The molecule has 0 radical (unpaired) electrons. The fourth-order valence-electron chi connectivity index (χ4n) is 3.08. The van der Waals surface area contributed by atoms with Crippen molar-refractivity contribution in [2.75, 3.05) is 39.0 Å². The van der Waals surface area contributed by atoms with E-state index in [2.05, 4.69) is 27.2 Å². The van der Waals surface area contributed by atoms with Crippen LogP contribution in [-0.2, 0) is 0 Å². The van der Waals surface area contributed by atoms with Crippen molar-refractivity contribution in [3.8, 4) is 0 Å². The predicted molar refractivity (Wildman–Crippen MR) is 115 cm³/mol. The largest absolute Gasteiger partial charge is 0.383 e.